The van der Waals surface area contributed by atoms with Gasteiger partial charge in [0, 0.05) is 60.6 Å². The zero-order valence-electron chi connectivity index (χ0n) is 25.4. The number of aliphatic hydroxyl groups is 2. The molecule has 0 bridgehead atoms. The van der Waals surface area contributed by atoms with Gasteiger partial charge in [-0.05, 0) is 54.4 Å². The van der Waals surface area contributed by atoms with Crippen molar-refractivity contribution < 1.29 is 29.5 Å². The molecular formula is C33H34N6O7. The lowest BCUT2D eigenvalue weighted by Crippen LogP contribution is -2.44. The first-order valence-corrected chi connectivity index (χ1v) is 14.7. The fourth-order valence-corrected chi connectivity index (χ4v) is 5.40. The average Bonchev–Trinajstić information content (AvgIpc) is 3.59. The number of hydrogen-bond acceptors (Lipinski definition) is 9. The Bertz CT molecular complexity index is 1770. The molecule has 13 nitrogen and oxygen atoms in total. The monoisotopic (exact) mass is 626 g/mol. The van der Waals surface area contributed by atoms with Crippen molar-refractivity contribution in [1.82, 2.24) is 15.0 Å². The van der Waals surface area contributed by atoms with Gasteiger partial charge >= 0.3 is 0 Å². The molecule has 2 heterocycles. The van der Waals surface area contributed by atoms with Crippen molar-refractivity contribution in [3.8, 4) is 5.75 Å². The number of hydrogen-bond donors (Lipinski definition) is 3. The first kappa shape index (κ1) is 32.0. The van der Waals surface area contributed by atoms with Crippen LogP contribution in [0.25, 0.3) is 0 Å². The molecule has 5 rings (SSSR count). The Hall–Kier alpha value is -5.40. The Labute approximate surface area is 264 Å². The Morgan fingerprint density at radius 2 is 1.96 bits per heavy atom. The van der Waals surface area contributed by atoms with E-state index in [0.29, 0.717) is 53.3 Å². The van der Waals surface area contributed by atoms with Crippen molar-refractivity contribution >= 4 is 28.9 Å². The third kappa shape index (κ3) is 6.65. The number of carbonyl (C=O) groups is 2. The summed E-state index contributed by atoms with van der Waals surface area (Å²) in [4.78, 5) is 39.3. The highest BCUT2D eigenvalue weighted by molar-refractivity contribution is 6.07. The molecule has 1 aliphatic heterocycles. The maximum Gasteiger partial charge on any atom is 0.269 e. The van der Waals surface area contributed by atoms with E-state index in [1.165, 1.54) is 23.1 Å². The smallest absolute Gasteiger partial charge is 0.269 e. The lowest BCUT2D eigenvalue weighted by molar-refractivity contribution is -0.385. The number of benzene rings is 3. The molecule has 238 valence electrons. The summed E-state index contributed by atoms with van der Waals surface area (Å²) in [5, 5.41) is 43.5. The van der Waals surface area contributed by atoms with Crippen LogP contribution in [0.3, 0.4) is 0 Å². The maximum atomic E-state index is 14.0. The van der Waals surface area contributed by atoms with Crippen LogP contribution in [0.2, 0.25) is 0 Å². The summed E-state index contributed by atoms with van der Waals surface area (Å²) in [6, 6.07) is 17.7. The fraction of sp³-hybridized carbons (Fsp3) is 0.273. The van der Waals surface area contributed by atoms with Gasteiger partial charge in [0.15, 0.2) is 5.60 Å². The number of nitrogens with zero attached hydrogens (tertiary/aromatic N) is 5. The van der Waals surface area contributed by atoms with Crippen LogP contribution in [0, 0.1) is 16.0 Å². The number of nitro groups is 1. The molecule has 0 aliphatic carbocycles. The second-order valence-corrected chi connectivity index (χ2v) is 11.0. The molecule has 0 fully saturated rings. The highest BCUT2D eigenvalue weighted by Crippen LogP contribution is 2.47. The van der Waals surface area contributed by atoms with E-state index in [-0.39, 0.29) is 30.3 Å². The largest absolute Gasteiger partial charge is 0.497 e. The van der Waals surface area contributed by atoms with Crippen LogP contribution in [-0.2, 0) is 29.9 Å². The van der Waals surface area contributed by atoms with Gasteiger partial charge in [-0.3, -0.25) is 24.4 Å². The molecule has 0 saturated carbocycles. The van der Waals surface area contributed by atoms with E-state index in [9.17, 15) is 24.8 Å². The molecule has 2 atom stereocenters. The first-order valence-electron chi connectivity index (χ1n) is 14.7. The second-order valence-electron chi connectivity index (χ2n) is 11.0. The predicted molar refractivity (Wildman–Crippen MR) is 169 cm³/mol. The first-order chi connectivity index (χ1) is 22.1. The molecule has 3 aromatic carbocycles. The molecule has 3 N–H and O–H groups in total. The number of non-ortho nitro benzene ring substituents is 1. The van der Waals surface area contributed by atoms with Crippen LogP contribution in [0.4, 0.5) is 17.1 Å². The van der Waals surface area contributed by atoms with Crippen LogP contribution in [0.15, 0.2) is 85.1 Å². The number of rotatable bonds is 13. The Kier molecular flexibility index (Phi) is 9.54. The minimum atomic E-state index is -2.06. The topological polar surface area (TPSA) is 173 Å². The summed E-state index contributed by atoms with van der Waals surface area (Å²) in [6.45, 7) is 2.21. The number of methoxy groups -OCH3 is 1. The number of nitro benzene ring substituents is 1. The minimum absolute atomic E-state index is 0.0219. The number of fused-ring (bicyclic) bond motifs is 1. The van der Waals surface area contributed by atoms with Crippen molar-refractivity contribution in [2.45, 2.75) is 38.5 Å². The van der Waals surface area contributed by atoms with Gasteiger partial charge in [0.2, 0.25) is 0 Å². The van der Waals surface area contributed by atoms with E-state index in [1.54, 1.807) is 79.5 Å². The van der Waals surface area contributed by atoms with Gasteiger partial charge in [-0.25, -0.2) is 0 Å². The Morgan fingerprint density at radius 1 is 1.17 bits per heavy atom. The molecule has 1 aliphatic rings. The Balaban J connectivity index is 1.35. The zero-order chi connectivity index (χ0) is 32.8. The minimum Gasteiger partial charge on any atom is -0.497 e. The lowest BCUT2D eigenvalue weighted by Gasteiger charge is -2.27. The van der Waals surface area contributed by atoms with Crippen LogP contribution in [-0.4, -0.2) is 55.7 Å². The number of anilines is 2. The van der Waals surface area contributed by atoms with Gasteiger partial charge in [-0.2, -0.15) is 0 Å². The molecule has 0 radical (unpaired) electrons. The lowest BCUT2D eigenvalue weighted by atomic mass is 9.82. The Morgan fingerprint density at radius 3 is 2.67 bits per heavy atom. The average molecular weight is 627 g/mol. The number of nitrogens with one attached hydrogen (secondary N) is 1. The van der Waals surface area contributed by atoms with Crippen LogP contribution < -0.4 is 15.0 Å². The van der Waals surface area contributed by atoms with Gasteiger partial charge in [-0.1, -0.05) is 36.4 Å². The number of ether oxygens (including phenoxy) is 1. The van der Waals surface area contributed by atoms with E-state index < -0.39 is 22.3 Å². The van der Waals surface area contributed by atoms with Crippen LogP contribution >= 0.6 is 0 Å². The number of aliphatic hydroxyl groups excluding tert-OH is 1. The van der Waals surface area contributed by atoms with Gasteiger partial charge < -0.3 is 25.2 Å². The molecule has 0 unspecified atom stereocenters. The van der Waals surface area contributed by atoms with Crippen molar-refractivity contribution in [3.05, 3.63) is 118 Å². The molecule has 46 heavy (non-hydrogen) atoms. The van der Waals surface area contributed by atoms with Crippen molar-refractivity contribution in [2.75, 3.05) is 23.9 Å². The molecule has 0 saturated heterocycles. The van der Waals surface area contributed by atoms with Gasteiger partial charge in [-0.15, -0.1) is 5.10 Å². The van der Waals surface area contributed by atoms with Gasteiger partial charge in [0.1, 0.15) is 5.75 Å². The van der Waals surface area contributed by atoms with E-state index in [4.69, 9.17) is 9.84 Å². The fourth-order valence-electron chi connectivity index (χ4n) is 5.40. The normalized spacial score (nSPS) is 16.4. The summed E-state index contributed by atoms with van der Waals surface area (Å²) in [6.07, 6.45) is 6.21. The highest BCUT2D eigenvalue weighted by atomic mass is 16.6. The van der Waals surface area contributed by atoms with Gasteiger partial charge in [0.25, 0.3) is 17.5 Å². The summed E-state index contributed by atoms with van der Waals surface area (Å²) >= 11 is 0. The number of allylic oxidation sites excluding steroid dienone is 1. The maximum absolute atomic E-state index is 14.0. The van der Waals surface area contributed by atoms with Crippen molar-refractivity contribution in [1.29, 1.82) is 0 Å². The van der Waals surface area contributed by atoms with Gasteiger partial charge in [0.05, 0.1) is 30.0 Å². The molecule has 1 aromatic heterocycles. The van der Waals surface area contributed by atoms with Crippen molar-refractivity contribution in [2.24, 2.45) is 5.92 Å². The van der Waals surface area contributed by atoms with E-state index in [2.05, 4.69) is 15.6 Å². The standard InChI is InChI=1S/C33H34N6O7/c1-22(6-3-4-16-37-21-26(15-17-40)35-36-37)33(43)29-19-27(39(44)45)11-14-30(29)38(32(33)42)20-23-7-5-8-25(18-23)34-31(41)24-9-12-28(46-2)13-10-24/h3,5-14,18-19,21-22,40,43H,4,15-17,20H2,1-2H3,(H,34,41)/b6-3+/t22-,33+/m1/s1. The molecule has 2 amide bonds. The second kappa shape index (κ2) is 13.7. The summed E-state index contributed by atoms with van der Waals surface area (Å²) in [7, 11) is 1.54. The number of amides is 2. The molecular weight excluding hydrogens is 592 g/mol. The zero-order valence-corrected chi connectivity index (χ0v) is 25.4. The summed E-state index contributed by atoms with van der Waals surface area (Å²) in [5.74, 6) is -1.04. The summed E-state index contributed by atoms with van der Waals surface area (Å²) < 4.78 is 6.79. The van der Waals surface area contributed by atoms with Crippen LogP contribution in [0.5, 0.6) is 5.75 Å². The van der Waals surface area contributed by atoms with Crippen LogP contribution in [0.1, 0.15) is 40.5 Å². The number of carbonyl (C=O) groups excluding carboxylic acids is 2. The van der Waals surface area contributed by atoms with E-state index >= 15 is 0 Å². The van der Waals surface area contributed by atoms with E-state index in [1.807, 2.05) is 6.08 Å². The molecule has 4 aromatic rings. The molecule has 13 heteroatoms. The molecule has 0 spiro atoms. The third-order valence-electron chi connectivity index (χ3n) is 7.90. The van der Waals surface area contributed by atoms with E-state index in [0.717, 1.165) is 0 Å². The third-order valence-corrected chi connectivity index (χ3v) is 7.90. The summed E-state index contributed by atoms with van der Waals surface area (Å²) in [5.41, 5.74) is 0.520. The quantitative estimate of drug-likeness (QED) is 0.113. The number of aromatic nitrogens is 3. The predicted octanol–water partition coefficient (Wildman–Crippen LogP) is 4.00. The number of aryl methyl sites for hydroxylation is 1. The highest BCUT2D eigenvalue weighted by Gasteiger charge is 2.53. The SMILES string of the molecule is COc1ccc(C(=O)Nc2cccc(CN3C(=O)[C@](O)([C@H](C)/C=C/CCn4cc(CCO)nn4)c4cc([N+](=O)[O-])ccc43)c2)cc1. The van der Waals surface area contributed by atoms with Crippen molar-refractivity contribution in [3.63, 3.8) is 0 Å².